The lowest BCUT2D eigenvalue weighted by Gasteiger charge is -2.23. The minimum Gasteiger partial charge on any atom is -0.356 e. The molecule has 312 valence electrons. The summed E-state index contributed by atoms with van der Waals surface area (Å²) in [6, 6.07) is 13.6. The van der Waals surface area contributed by atoms with Gasteiger partial charge < -0.3 is 16.0 Å². The van der Waals surface area contributed by atoms with Crippen molar-refractivity contribution in [1.29, 1.82) is 0 Å². The highest BCUT2D eigenvalue weighted by Gasteiger charge is 2.33. The van der Waals surface area contributed by atoms with Crippen LogP contribution >= 0.6 is 22.9 Å². The third-order valence-electron chi connectivity index (χ3n) is 11.0. The number of halogens is 1. The topological polar surface area (TPSA) is 177 Å². The molecule has 0 spiro atoms. The molecule has 2 aliphatic heterocycles. The zero-order chi connectivity index (χ0) is 42.1. The van der Waals surface area contributed by atoms with Crippen LogP contribution in [-0.2, 0) is 24.0 Å². The monoisotopic (exact) mass is 840 g/mol. The molecule has 0 aliphatic carbocycles. The fourth-order valence-corrected chi connectivity index (χ4v) is 8.81. The molecule has 1 unspecified atom stereocenters. The molecule has 2 aromatic heterocycles. The molecule has 4 heterocycles. The number of nitrogens with zero attached hydrogens (tertiary/aromatic N) is 4. The number of rotatable bonds is 18. The van der Waals surface area contributed by atoms with Crippen molar-refractivity contribution in [2.24, 2.45) is 4.99 Å². The number of aryl methyl sites for hydroxylation is 2. The average Bonchev–Trinajstić information content (AvgIpc) is 3.69. The zero-order valence-electron chi connectivity index (χ0n) is 34.2. The molecule has 6 rings (SSSR count). The lowest BCUT2D eigenvalue weighted by Crippen LogP contribution is -2.52. The van der Waals surface area contributed by atoms with Crippen LogP contribution < -0.4 is 21.3 Å². The van der Waals surface area contributed by atoms with Crippen LogP contribution in [0.15, 0.2) is 53.5 Å². The molecule has 59 heavy (non-hydrogen) atoms. The largest absolute Gasteiger partial charge is 0.356 e. The smallest absolute Gasteiger partial charge is 0.249 e. The zero-order valence-corrected chi connectivity index (χ0v) is 35.7. The van der Waals surface area contributed by atoms with Crippen molar-refractivity contribution in [2.45, 2.75) is 123 Å². The van der Waals surface area contributed by atoms with E-state index in [4.69, 9.17) is 16.6 Å². The minimum atomic E-state index is -0.735. The summed E-state index contributed by atoms with van der Waals surface area (Å²) in [6.45, 7) is 8.49. The maximum absolute atomic E-state index is 13.3. The van der Waals surface area contributed by atoms with Crippen LogP contribution in [0.1, 0.15) is 135 Å². The van der Waals surface area contributed by atoms with Gasteiger partial charge in [-0.1, -0.05) is 74.4 Å². The quantitative estimate of drug-likeness (QED) is 0.0593. The fourth-order valence-electron chi connectivity index (χ4n) is 7.47. The van der Waals surface area contributed by atoms with Gasteiger partial charge in [-0.25, -0.2) is 0 Å². The normalized spacial score (nSPS) is 16.6. The fraction of sp³-hybridized carbons (Fsp3) is 0.455. The van der Waals surface area contributed by atoms with Crippen molar-refractivity contribution in [3.8, 4) is 5.00 Å². The van der Waals surface area contributed by atoms with Gasteiger partial charge in [0, 0.05) is 46.1 Å². The van der Waals surface area contributed by atoms with Gasteiger partial charge in [0.05, 0.1) is 18.1 Å². The number of fused-ring (bicyclic) bond motifs is 3. The summed E-state index contributed by atoms with van der Waals surface area (Å²) in [6.07, 6.45) is 9.03. The molecule has 1 saturated heterocycles. The molecule has 13 nitrogen and oxygen atoms in total. The molecular formula is C44H53ClN8O5S. The number of piperidine rings is 1. The molecule has 2 aliphatic rings. The molecule has 4 aromatic rings. The van der Waals surface area contributed by atoms with Crippen LogP contribution in [0, 0.1) is 20.8 Å². The summed E-state index contributed by atoms with van der Waals surface area (Å²) in [7, 11) is 0. The predicted octanol–water partition coefficient (Wildman–Crippen LogP) is 7.48. The Morgan fingerprint density at radius 2 is 1.64 bits per heavy atom. The van der Waals surface area contributed by atoms with Crippen LogP contribution in [0.3, 0.4) is 0 Å². The third-order valence-corrected chi connectivity index (χ3v) is 12.5. The van der Waals surface area contributed by atoms with Gasteiger partial charge in [-0.05, 0) is 82.3 Å². The van der Waals surface area contributed by atoms with Gasteiger partial charge in [0.1, 0.15) is 22.9 Å². The van der Waals surface area contributed by atoms with Crippen molar-refractivity contribution in [2.75, 3.05) is 11.9 Å². The number of nitrogens with one attached hydrogen (secondary N) is 4. The first-order chi connectivity index (χ1) is 28.4. The Morgan fingerprint density at radius 1 is 0.932 bits per heavy atom. The third kappa shape index (κ3) is 11.1. The van der Waals surface area contributed by atoms with E-state index in [-0.39, 0.29) is 42.9 Å². The van der Waals surface area contributed by atoms with E-state index in [0.717, 1.165) is 84.6 Å². The number of aliphatic imine (C=N–C) groups is 1. The van der Waals surface area contributed by atoms with Crippen LogP contribution in [0.4, 0.5) is 5.69 Å². The number of carbonyl (C=O) groups excluding carboxylic acids is 5. The second kappa shape index (κ2) is 20.2. The number of imide groups is 1. The molecule has 2 aromatic carbocycles. The molecule has 0 saturated carbocycles. The highest BCUT2D eigenvalue weighted by atomic mass is 35.5. The van der Waals surface area contributed by atoms with E-state index in [1.807, 2.05) is 37.3 Å². The summed E-state index contributed by atoms with van der Waals surface area (Å²) in [5, 5.41) is 21.6. The molecule has 4 N–H and O–H groups in total. The summed E-state index contributed by atoms with van der Waals surface area (Å²) in [4.78, 5) is 68.6. The summed E-state index contributed by atoms with van der Waals surface area (Å²) in [5.74, 6) is -0.405. The number of hydrogen-bond donors (Lipinski definition) is 4. The first-order valence-electron chi connectivity index (χ1n) is 20.6. The maximum atomic E-state index is 13.3. The van der Waals surface area contributed by atoms with Crippen molar-refractivity contribution < 1.29 is 24.0 Å². The minimum absolute atomic E-state index is 0.0692. The summed E-state index contributed by atoms with van der Waals surface area (Å²) >= 11 is 7.92. The Labute approximate surface area is 354 Å². The van der Waals surface area contributed by atoms with Gasteiger partial charge in [-0.3, -0.25) is 38.8 Å². The van der Waals surface area contributed by atoms with Crippen molar-refractivity contribution >= 4 is 63.9 Å². The van der Waals surface area contributed by atoms with E-state index in [2.05, 4.69) is 49.9 Å². The van der Waals surface area contributed by atoms with E-state index < -0.39 is 23.9 Å². The van der Waals surface area contributed by atoms with E-state index in [1.54, 1.807) is 36.5 Å². The van der Waals surface area contributed by atoms with Gasteiger partial charge in [0.15, 0.2) is 5.82 Å². The molecule has 15 heteroatoms. The average molecular weight is 841 g/mol. The van der Waals surface area contributed by atoms with Crippen LogP contribution in [0.5, 0.6) is 0 Å². The number of benzene rings is 2. The highest BCUT2D eigenvalue weighted by molar-refractivity contribution is 7.15. The number of unbranched alkanes of at least 4 members (excludes halogenated alkanes) is 7. The maximum Gasteiger partial charge on any atom is 0.249 e. The van der Waals surface area contributed by atoms with E-state index in [0.29, 0.717) is 35.1 Å². The van der Waals surface area contributed by atoms with Gasteiger partial charge in [-0.2, -0.15) is 0 Å². The number of aromatic nitrogens is 3. The Hall–Kier alpha value is -5.21. The SMILES string of the molecule is Cc1sc2c(c1C)C(c1ccc(Cl)cc1)=N[C@@H](CC(=O)NCCCCCCCCCCC(=O)Nc1cccc([C@H](C)C(=O)NC3CCC(=O)NC3=O)c1)c1nnc(C)n1-2. The number of anilines is 1. The van der Waals surface area contributed by atoms with Crippen molar-refractivity contribution in [3.05, 3.63) is 92.3 Å². The summed E-state index contributed by atoms with van der Waals surface area (Å²) in [5.41, 5.74) is 5.29. The van der Waals surface area contributed by atoms with E-state index in [1.165, 1.54) is 4.88 Å². The first kappa shape index (κ1) is 43.4. The van der Waals surface area contributed by atoms with Gasteiger partial charge in [-0.15, -0.1) is 21.5 Å². The molecule has 1 fully saturated rings. The Bertz CT molecular complexity index is 2210. The van der Waals surface area contributed by atoms with Crippen LogP contribution in [-0.4, -0.2) is 62.6 Å². The number of amides is 5. The van der Waals surface area contributed by atoms with E-state index in [9.17, 15) is 24.0 Å². The molecule has 3 atom stereocenters. The Kier molecular flexibility index (Phi) is 14.8. The van der Waals surface area contributed by atoms with E-state index >= 15 is 0 Å². The molecule has 0 radical (unpaired) electrons. The molecule has 0 bridgehead atoms. The number of thiophene rings is 1. The lowest BCUT2D eigenvalue weighted by molar-refractivity contribution is -0.137. The standard InChI is InChI=1S/C44H53ClN8O5S/c1-26-28(3)59-44-39(26)40(30-17-19-32(45)20-18-30)48-35(41-52-51-29(4)53(41)44)25-38(56)46-23-12-10-8-6-5-7-9-11-16-36(54)47-33-15-13-14-31(24-33)27(2)42(57)49-34-21-22-37(55)50-43(34)58/h13-15,17-20,24,27,34-35H,5-12,16,21-23,25H2,1-4H3,(H,46,56)(H,47,54)(H,49,57)(H,50,55,58)/t27-,34?,35-/m0/s1. The van der Waals surface area contributed by atoms with Crippen LogP contribution in [0.25, 0.3) is 5.00 Å². The van der Waals surface area contributed by atoms with Gasteiger partial charge in [0.25, 0.3) is 0 Å². The Morgan fingerprint density at radius 3 is 2.37 bits per heavy atom. The van der Waals surface area contributed by atoms with Gasteiger partial charge >= 0.3 is 0 Å². The summed E-state index contributed by atoms with van der Waals surface area (Å²) < 4.78 is 2.06. The second-order valence-electron chi connectivity index (χ2n) is 15.4. The molecule has 5 amide bonds. The Balaban J connectivity index is 0.866. The van der Waals surface area contributed by atoms with Crippen molar-refractivity contribution in [3.63, 3.8) is 0 Å². The highest BCUT2D eigenvalue weighted by Crippen LogP contribution is 2.39. The predicted molar refractivity (Wildman–Crippen MR) is 230 cm³/mol. The first-order valence-corrected chi connectivity index (χ1v) is 21.8. The lowest BCUT2D eigenvalue weighted by atomic mass is 9.98. The molecular weight excluding hydrogens is 788 g/mol. The van der Waals surface area contributed by atoms with Crippen molar-refractivity contribution in [1.82, 2.24) is 30.7 Å². The number of hydrogen-bond acceptors (Lipinski definition) is 9. The second-order valence-corrected chi connectivity index (χ2v) is 17.1. The van der Waals surface area contributed by atoms with Gasteiger partial charge in [0.2, 0.25) is 29.5 Å². The van der Waals surface area contributed by atoms with Crippen LogP contribution in [0.2, 0.25) is 5.02 Å². The number of carbonyl (C=O) groups is 5.